The van der Waals surface area contributed by atoms with Crippen LogP contribution in [0.3, 0.4) is 0 Å². The Hall–Kier alpha value is -2.24. The molecular weight excluding hydrogens is 338 g/mol. The summed E-state index contributed by atoms with van der Waals surface area (Å²) in [6.07, 6.45) is 6.52. The molecule has 1 aromatic carbocycles. The second-order valence-corrected chi connectivity index (χ2v) is 7.45. The summed E-state index contributed by atoms with van der Waals surface area (Å²) >= 11 is 0. The van der Waals surface area contributed by atoms with Gasteiger partial charge >= 0.3 is 0 Å². The maximum Gasteiger partial charge on any atom is 0.227 e. The van der Waals surface area contributed by atoms with Crippen LogP contribution in [-0.4, -0.2) is 36.2 Å². The maximum absolute atomic E-state index is 12.9. The van der Waals surface area contributed by atoms with Crippen molar-refractivity contribution in [2.45, 2.75) is 44.2 Å². The van der Waals surface area contributed by atoms with Crippen molar-refractivity contribution >= 4 is 11.6 Å². The third kappa shape index (κ3) is 4.54. The number of morpholine rings is 1. The van der Waals surface area contributed by atoms with E-state index in [1.165, 1.54) is 0 Å². The Labute approximate surface area is 160 Å². The zero-order valence-corrected chi connectivity index (χ0v) is 15.6. The average molecular weight is 365 g/mol. The lowest BCUT2D eigenvalue weighted by Gasteiger charge is -2.39. The highest BCUT2D eigenvalue weighted by molar-refractivity contribution is 5.93. The number of anilines is 1. The highest BCUT2D eigenvalue weighted by Crippen LogP contribution is 2.29. The van der Waals surface area contributed by atoms with Gasteiger partial charge in [0.05, 0.1) is 12.7 Å². The summed E-state index contributed by atoms with van der Waals surface area (Å²) in [7, 11) is 0. The molecule has 1 aliphatic heterocycles. The zero-order valence-electron chi connectivity index (χ0n) is 15.6. The van der Waals surface area contributed by atoms with Gasteiger partial charge in [0.15, 0.2) is 0 Å². The van der Waals surface area contributed by atoms with Crippen molar-refractivity contribution in [3.8, 4) is 0 Å². The Balaban J connectivity index is 1.38. The Morgan fingerprint density at radius 3 is 2.93 bits per heavy atom. The van der Waals surface area contributed by atoms with Crippen molar-refractivity contribution in [3.05, 3.63) is 59.9 Å². The number of pyridine rings is 1. The molecule has 2 N–H and O–H groups in total. The molecule has 3 atom stereocenters. The van der Waals surface area contributed by atoms with Gasteiger partial charge in [0.1, 0.15) is 0 Å². The smallest absolute Gasteiger partial charge is 0.227 e. The molecule has 1 aromatic heterocycles. The number of carbonyl (C=O) groups is 1. The number of amides is 1. The Morgan fingerprint density at radius 2 is 2.04 bits per heavy atom. The molecule has 2 aliphatic rings. The molecule has 1 saturated carbocycles. The summed E-state index contributed by atoms with van der Waals surface area (Å²) in [5.74, 6) is 0.176. The van der Waals surface area contributed by atoms with E-state index in [-0.39, 0.29) is 17.9 Å². The first-order valence-corrected chi connectivity index (χ1v) is 9.93. The van der Waals surface area contributed by atoms with Crippen LogP contribution in [0.5, 0.6) is 0 Å². The molecule has 0 spiro atoms. The highest BCUT2D eigenvalue weighted by atomic mass is 16.5. The van der Waals surface area contributed by atoms with Gasteiger partial charge < -0.3 is 15.4 Å². The largest absolute Gasteiger partial charge is 0.375 e. The first-order valence-electron chi connectivity index (χ1n) is 9.93. The summed E-state index contributed by atoms with van der Waals surface area (Å²) in [5.41, 5.74) is 3.15. The molecule has 142 valence electrons. The van der Waals surface area contributed by atoms with Crippen LogP contribution in [0.15, 0.2) is 48.7 Å². The van der Waals surface area contributed by atoms with E-state index in [4.69, 9.17) is 4.74 Å². The standard InChI is InChI=1S/C22H27N3O2/c26-22(17-9-11-21-20(15-17)24-13-14-27-21)25-19-7-2-1-5-16(19)8-10-18-6-3-4-12-23-18/h1-7,12,17,20-21,24H,8-11,13-15H2,(H,25,26)/t17-,20+,21+/m0/s1. The number of benzene rings is 1. The number of aryl methyl sites for hydroxylation is 2. The number of aromatic nitrogens is 1. The van der Waals surface area contributed by atoms with Gasteiger partial charge in [0, 0.05) is 36.1 Å². The van der Waals surface area contributed by atoms with E-state index in [2.05, 4.69) is 21.7 Å². The van der Waals surface area contributed by atoms with E-state index < -0.39 is 0 Å². The first-order chi connectivity index (χ1) is 13.3. The summed E-state index contributed by atoms with van der Waals surface area (Å²) in [5, 5.41) is 6.69. The number of nitrogens with one attached hydrogen (secondary N) is 2. The zero-order chi connectivity index (χ0) is 18.5. The maximum atomic E-state index is 12.9. The van der Waals surface area contributed by atoms with Crippen LogP contribution in [0.4, 0.5) is 5.69 Å². The number of hydrogen-bond acceptors (Lipinski definition) is 4. The van der Waals surface area contributed by atoms with Crippen LogP contribution < -0.4 is 10.6 Å². The molecule has 0 bridgehead atoms. The average Bonchev–Trinajstić information content (AvgIpc) is 2.73. The summed E-state index contributed by atoms with van der Waals surface area (Å²) < 4.78 is 5.82. The van der Waals surface area contributed by atoms with Gasteiger partial charge in [-0.2, -0.15) is 0 Å². The molecule has 1 aliphatic carbocycles. The van der Waals surface area contributed by atoms with Crippen molar-refractivity contribution in [1.82, 2.24) is 10.3 Å². The van der Waals surface area contributed by atoms with Crippen LogP contribution in [0, 0.1) is 5.92 Å². The van der Waals surface area contributed by atoms with E-state index in [0.29, 0.717) is 6.04 Å². The minimum Gasteiger partial charge on any atom is -0.375 e. The fraction of sp³-hybridized carbons (Fsp3) is 0.455. The fourth-order valence-electron chi connectivity index (χ4n) is 4.15. The molecular formula is C22H27N3O2. The number of carbonyl (C=O) groups excluding carboxylic acids is 1. The second kappa shape index (κ2) is 8.63. The van der Waals surface area contributed by atoms with Gasteiger partial charge in [0.2, 0.25) is 5.91 Å². The number of hydrogen-bond donors (Lipinski definition) is 2. The normalized spacial score (nSPS) is 24.8. The van der Waals surface area contributed by atoms with E-state index >= 15 is 0 Å². The van der Waals surface area contributed by atoms with Gasteiger partial charge in [0.25, 0.3) is 0 Å². The fourth-order valence-corrected chi connectivity index (χ4v) is 4.15. The molecule has 0 unspecified atom stereocenters. The number of rotatable bonds is 5. The highest BCUT2D eigenvalue weighted by Gasteiger charge is 2.35. The quantitative estimate of drug-likeness (QED) is 0.855. The van der Waals surface area contributed by atoms with Crippen molar-refractivity contribution in [1.29, 1.82) is 0 Å². The van der Waals surface area contributed by atoms with Crippen molar-refractivity contribution in [3.63, 3.8) is 0 Å². The molecule has 27 heavy (non-hydrogen) atoms. The van der Waals surface area contributed by atoms with E-state index in [0.717, 1.165) is 62.2 Å². The Bertz CT molecular complexity index is 765. The Morgan fingerprint density at radius 1 is 1.15 bits per heavy atom. The molecule has 2 heterocycles. The third-order valence-electron chi connectivity index (χ3n) is 5.65. The topological polar surface area (TPSA) is 63.2 Å². The van der Waals surface area contributed by atoms with Crippen LogP contribution >= 0.6 is 0 Å². The van der Waals surface area contributed by atoms with Crippen LogP contribution in [-0.2, 0) is 22.4 Å². The lowest BCUT2D eigenvalue weighted by molar-refractivity contribution is -0.123. The van der Waals surface area contributed by atoms with Crippen LogP contribution in [0.1, 0.15) is 30.5 Å². The minimum atomic E-state index is 0.0456. The van der Waals surface area contributed by atoms with Gasteiger partial charge in [-0.3, -0.25) is 9.78 Å². The van der Waals surface area contributed by atoms with E-state index in [1.807, 2.05) is 42.6 Å². The lowest BCUT2D eigenvalue weighted by atomic mass is 9.82. The summed E-state index contributed by atoms with van der Waals surface area (Å²) in [6, 6.07) is 14.4. The van der Waals surface area contributed by atoms with Gasteiger partial charge in [-0.05, 0) is 55.9 Å². The first kappa shape index (κ1) is 18.1. The molecule has 1 amide bonds. The number of fused-ring (bicyclic) bond motifs is 1. The summed E-state index contributed by atoms with van der Waals surface area (Å²) in [4.78, 5) is 17.3. The number of ether oxygens (including phenoxy) is 1. The van der Waals surface area contributed by atoms with Gasteiger partial charge in [-0.25, -0.2) is 0 Å². The minimum absolute atomic E-state index is 0.0456. The SMILES string of the molecule is O=C(Nc1ccccc1CCc1ccccn1)[C@H]1CC[C@H]2OCCN[C@@H]2C1. The predicted octanol–water partition coefficient (Wildman–Crippen LogP) is 2.96. The van der Waals surface area contributed by atoms with Gasteiger partial charge in [-0.15, -0.1) is 0 Å². The van der Waals surface area contributed by atoms with Crippen LogP contribution in [0.25, 0.3) is 0 Å². The van der Waals surface area contributed by atoms with Gasteiger partial charge in [-0.1, -0.05) is 24.3 Å². The molecule has 5 nitrogen and oxygen atoms in total. The Kier molecular flexibility index (Phi) is 5.80. The molecule has 0 radical (unpaired) electrons. The monoisotopic (exact) mass is 365 g/mol. The third-order valence-corrected chi connectivity index (χ3v) is 5.65. The van der Waals surface area contributed by atoms with E-state index in [9.17, 15) is 4.79 Å². The number of nitrogens with zero attached hydrogens (tertiary/aromatic N) is 1. The second-order valence-electron chi connectivity index (χ2n) is 7.45. The molecule has 1 saturated heterocycles. The predicted molar refractivity (Wildman–Crippen MR) is 106 cm³/mol. The molecule has 4 rings (SSSR count). The van der Waals surface area contributed by atoms with Crippen molar-refractivity contribution in [2.24, 2.45) is 5.92 Å². The lowest BCUT2D eigenvalue weighted by Crippen LogP contribution is -2.52. The summed E-state index contributed by atoms with van der Waals surface area (Å²) in [6.45, 7) is 1.66. The van der Waals surface area contributed by atoms with Crippen LogP contribution in [0.2, 0.25) is 0 Å². The van der Waals surface area contributed by atoms with E-state index in [1.54, 1.807) is 0 Å². The molecule has 2 fully saturated rings. The number of para-hydroxylation sites is 1. The van der Waals surface area contributed by atoms with Crippen molar-refractivity contribution < 1.29 is 9.53 Å². The molecule has 5 heteroatoms. The van der Waals surface area contributed by atoms with Crippen molar-refractivity contribution in [2.75, 3.05) is 18.5 Å². The molecule has 2 aromatic rings.